The first kappa shape index (κ1) is 14.8. The highest BCUT2D eigenvalue weighted by Gasteiger charge is 2.35. The van der Waals surface area contributed by atoms with Crippen LogP contribution >= 0.6 is 23.2 Å². The van der Waals surface area contributed by atoms with Gasteiger partial charge in [0.2, 0.25) is 0 Å². The topological polar surface area (TPSA) is 20.2 Å². The molecule has 0 bridgehead atoms. The second-order valence-corrected chi connectivity index (χ2v) is 6.06. The predicted molar refractivity (Wildman–Crippen MR) is 74.8 cm³/mol. The van der Waals surface area contributed by atoms with E-state index in [4.69, 9.17) is 23.2 Å². The molecule has 1 aromatic carbocycles. The lowest BCUT2D eigenvalue weighted by atomic mass is 9.76. The molecule has 0 saturated heterocycles. The fraction of sp³-hybridized carbons (Fsp3) is 0.571. The summed E-state index contributed by atoms with van der Waals surface area (Å²) in [6.45, 7) is 8.13. The van der Waals surface area contributed by atoms with Crippen LogP contribution in [0.2, 0.25) is 10.0 Å². The third-order valence-corrected chi connectivity index (χ3v) is 4.08. The van der Waals surface area contributed by atoms with Crippen LogP contribution in [0.15, 0.2) is 18.2 Å². The van der Waals surface area contributed by atoms with Crippen molar-refractivity contribution < 1.29 is 5.11 Å². The van der Waals surface area contributed by atoms with Gasteiger partial charge in [-0.15, -0.1) is 0 Å². The van der Waals surface area contributed by atoms with E-state index in [0.717, 1.165) is 5.56 Å². The zero-order chi connectivity index (χ0) is 13.2. The highest BCUT2D eigenvalue weighted by Crippen LogP contribution is 2.33. The molecule has 0 aromatic heterocycles. The van der Waals surface area contributed by atoms with Crippen molar-refractivity contribution in [1.82, 2.24) is 0 Å². The van der Waals surface area contributed by atoms with Crippen molar-refractivity contribution >= 4 is 23.2 Å². The van der Waals surface area contributed by atoms with Crippen LogP contribution in [0.5, 0.6) is 0 Å². The minimum absolute atomic E-state index is 0.175. The minimum Gasteiger partial charge on any atom is -0.389 e. The van der Waals surface area contributed by atoms with Crippen LogP contribution in [0.3, 0.4) is 0 Å². The molecule has 1 rings (SSSR count). The Morgan fingerprint density at radius 1 is 1.12 bits per heavy atom. The van der Waals surface area contributed by atoms with Gasteiger partial charge in [-0.2, -0.15) is 0 Å². The largest absolute Gasteiger partial charge is 0.389 e. The second kappa shape index (κ2) is 5.60. The van der Waals surface area contributed by atoms with Gasteiger partial charge in [-0.05, 0) is 29.5 Å². The molecule has 96 valence electrons. The zero-order valence-electron chi connectivity index (χ0n) is 10.8. The summed E-state index contributed by atoms with van der Waals surface area (Å²) in [5, 5.41) is 12.0. The van der Waals surface area contributed by atoms with Crippen molar-refractivity contribution in [2.45, 2.75) is 39.7 Å². The molecule has 1 aromatic rings. The van der Waals surface area contributed by atoms with Crippen molar-refractivity contribution in [3.05, 3.63) is 33.8 Å². The first-order chi connectivity index (χ1) is 7.77. The summed E-state index contributed by atoms with van der Waals surface area (Å²) >= 11 is 12.0. The van der Waals surface area contributed by atoms with Gasteiger partial charge in [0.15, 0.2) is 0 Å². The molecule has 0 atom stereocenters. The van der Waals surface area contributed by atoms with Crippen molar-refractivity contribution in [1.29, 1.82) is 0 Å². The average Bonchev–Trinajstić information content (AvgIpc) is 2.21. The summed E-state index contributed by atoms with van der Waals surface area (Å²) in [4.78, 5) is 0. The Hall–Kier alpha value is -0.240. The fourth-order valence-electron chi connectivity index (χ4n) is 2.05. The average molecular weight is 275 g/mol. The lowest BCUT2D eigenvalue weighted by Crippen LogP contribution is -2.42. The van der Waals surface area contributed by atoms with Gasteiger partial charge in [-0.1, -0.05) is 57.0 Å². The molecule has 1 nitrogen and oxygen atoms in total. The molecule has 0 radical (unpaired) electrons. The molecule has 0 fully saturated rings. The van der Waals surface area contributed by atoms with Crippen LogP contribution in [-0.2, 0) is 6.42 Å². The van der Waals surface area contributed by atoms with Gasteiger partial charge >= 0.3 is 0 Å². The lowest BCUT2D eigenvalue weighted by molar-refractivity contribution is -0.0462. The molecule has 3 heteroatoms. The van der Waals surface area contributed by atoms with E-state index in [1.807, 2.05) is 39.8 Å². The van der Waals surface area contributed by atoms with Gasteiger partial charge in [-0.25, -0.2) is 0 Å². The highest BCUT2D eigenvalue weighted by molar-refractivity contribution is 6.35. The SMILES string of the molecule is CC(C)C(O)(Cc1ccc(Cl)cc1Cl)C(C)C. The second-order valence-electron chi connectivity index (χ2n) is 5.21. The number of hydrogen-bond acceptors (Lipinski definition) is 1. The molecule has 0 saturated carbocycles. The number of hydrogen-bond donors (Lipinski definition) is 1. The van der Waals surface area contributed by atoms with Gasteiger partial charge in [0.1, 0.15) is 0 Å². The maximum Gasteiger partial charge on any atom is 0.0733 e. The van der Waals surface area contributed by atoms with Crippen molar-refractivity contribution in [3.63, 3.8) is 0 Å². The van der Waals surface area contributed by atoms with Crippen LogP contribution in [0.25, 0.3) is 0 Å². The molecular weight excluding hydrogens is 255 g/mol. The van der Waals surface area contributed by atoms with Gasteiger partial charge in [-0.3, -0.25) is 0 Å². The zero-order valence-corrected chi connectivity index (χ0v) is 12.3. The third kappa shape index (κ3) is 3.37. The minimum atomic E-state index is -0.739. The number of aliphatic hydroxyl groups is 1. The molecule has 17 heavy (non-hydrogen) atoms. The van der Waals surface area contributed by atoms with Gasteiger partial charge in [0, 0.05) is 16.5 Å². The first-order valence-corrected chi connectivity index (χ1v) is 6.69. The van der Waals surface area contributed by atoms with E-state index in [9.17, 15) is 5.11 Å². The maximum absolute atomic E-state index is 10.7. The van der Waals surface area contributed by atoms with E-state index in [0.29, 0.717) is 16.5 Å². The van der Waals surface area contributed by atoms with Crippen molar-refractivity contribution in [2.75, 3.05) is 0 Å². The Morgan fingerprint density at radius 3 is 2.06 bits per heavy atom. The van der Waals surface area contributed by atoms with E-state index in [2.05, 4.69) is 0 Å². The predicted octanol–water partition coefficient (Wildman–Crippen LogP) is 4.58. The standard InChI is InChI=1S/C14H20Cl2O/c1-9(2)14(17,10(3)4)8-11-5-6-12(15)7-13(11)16/h5-7,9-10,17H,8H2,1-4H3. The molecular formula is C14H20Cl2O. The van der Waals surface area contributed by atoms with Crippen LogP contribution in [0.1, 0.15) is 33.3 Å². The molecule has 0 aliphatic carbocycles. The summed E-state index contributed by atoms with van der Waals surface area (Å²) in [6.07, 6.45) is 0.554. The summed E-state index contributed by atoms with van der Waals surface area (Å²) in [5.74, 6) is 0.350. The quantitative estimate of drug-likeness (QED) is 0.852. The Kier molecular flexibility index (Phi) is 4.88. The number of benzene rings is 1. The van der Waals surface area contributed by atoms with Crippen LogP contribution in [0, 0.1) is 11.8 Å². The van der Waals surface area contributed by atoms with E-state index >= 15 is 0 Å². The van der Waals surface area contributed by atoms with Crippen LogP contribution in [-0.4, -0.2) is 10.7 Å². The molecule has 0 unspecified atom stereocenters. The molecule has 0 aliphatic rings. The first-order valence-electron chi connectivity index (χ1n) is 5.93. The summed E-state index contributed by atoms with van der Waals surface area (Å²) < 4.78 is 0. The van der Waals surface area contributed by atoms with Crippen LogP contribution < -0.4 is 0 Å². The third-order valence-electron chi connectivity index (χ3n) is 3.49. The number of halogens is 2. The summed E-state index contributed by atoms with van der Waals surface area (Å²) in [7, 11) is 0. The monoisotopic (exact) mass is 274 g/mol. The van der Waals surface area contributed by atoms with Crippen molar-refractivity contribution in [2.24, 2.45) is 11.8 Å². The van der Waals surface area contributed by atoms with E-state index in [1.54, 1.807) is 6.07 Å². The van der Waals surface area contributed by atoms with E-state index < -0.39 is 5.60 Å². The molecule has 0 aliphatic heterocycles. The summed E-state index contributed by atoms with van der Waals surface area (Å²) in [6, 6.07) is 5.42. The molecule has 0 heterocycles. The Morgan fingerprint density at radius 2 is 1.65 bits per heavy atom. The molecule has 0 amide bonds. The Balaban J connectivity index is 3.02. The fourth-order valence-corrected chi connectivity index (χ4v) is 2.52. The van der Waals surface area contributed by atoms with E-state index in [-0.39, 0.29) is 11.8 Å². The Labute approximate surface area is 114 Å². The number of rotatable bonds is 4. The van der Waals surface area contributed by atoms with E-state index in [1.165, 1.54) is 0 Å². The Bertz CT molecular complexity index is 378. The van der Waals surface area contributed by atoms with Crippen LogP contribution in [0.4, 0.5) is 0 Å². The van der Waals surface area contributed by atoms with Gasteiger partial charge in [0.25, 0.3) is 0 Å². The molecule has 1 N–H and O–H groups in total. The van der Waals surface area contributed by atoms with Gasteiger partial charge < -0.3 is 5.11 Å². The van der Waals surface area contributed by atoms with Gasteiger partial charge in [0.05, 0.1) is 5.60 Å². The highest BCUT2D eigenvalue weighted by atomic mass is 35.5. The normalized spacial score (nSPS) is 12.5. The molecule has 0 spiro atoms. The maximum atomic E-state index is 10.7. The smallest absolute Gasteiger partial charge is 0.0733 e. The van der Waals surface area contributed by atoms with Crippen molar-refractivity contribution in [3.8, 4) is 0 Å². The lowest BCUT2D eigenvalue weighted by Gasteiger charge is -2.36. The summed E-state index contributed by atoms with van der Waals surface area (Å²) in [5.41, 5.74) is 0.207.